The standard InChI is InChI=1S/C7H12N6O3/c1-2-16-7(15)3-5-10-11-12-13(5)4-6(14)9-8/h2-4,8H2,1H3,(H,9,14). The average molecular weight is 228 g/mol. The highest BCUT2D eigenvalue weighted by Crippen LogP contribution is 1.95. The third-order valence-electron chi connectivity index (χ3n) is 1.67. The Morgan fingerprint density at radius 3 is 2.94 bits per heavy atom. The topological polar surface area (TPSA) is 125 Å². The molecule has 1 rings (SSSR count). The molecule has 0 bridgehead atoms. The van der Waals surface area contributed by atoms with Crippen molar-refractivity contribution in [3.05, 3.63) is 5.82 Å². The molecule has 3 N–H and O–H groups in total. The molecule has 0 unspecified atom stereocenters. The van der Waals surface area contributed by atoms with E-state index in [9.17, 15) is 9.59 Å². The summed E-state index contributed by atoms with van der Waals surface area (Å²) in [5.74, 6) is 4.25. The average Bonchev–Trinajstić information content (AvgIpc) is 2.66. The Balaban J connectivity index is 2.63. The maximum Gasteiger partial charge on any atom is 0.313 e. The zero-order valence-corrected chi connectivity index (χ0v) is 8.71. The van der Waals surface area contributed by atoms with E-state index in [2.05, 4.69) is 15.5 Å². The van der Waals surface area contributed by atoms with Crippen molar-refractivity contribution in [1.29, 1.82) is 0 Å². The van der Waals surface area contributed by atoms with Crippen LogP contribution in [0, 0.1) is 0 Å². The minimum Gasteiger partial charge on any atom is -0.466 e. The van der Waals surface area contributed by atoms with Gasteiger partial charge in [-0.05, 0) is 17.4 Å². The molecule has 1 amide bonds. The van der Waals surface area contributed by atoms with Crippen LogP contribution in [-0.4, -0.2) is 38.7 Å². The van der Waals surface area contributed by atoms with Crippen LogP contribution in [0.15, 0.2) is 0 Å². The normalized spacial score (nSPS) is 9.88. The number of rotatable bonds is 5. The van der Waals surface area contributed by atoms with Gasteiger partial charge in [0.15, 0.2) is 5.82 Å². The molecular formula is C7H12N6O3. The first-order valence-electron chi connectivity index (χ1n) is 4.57. The fourth-order valence-electron chi connectivity index (χ4n) is 0.995. The second kappa shape index (κ2) is 5.75. The number of ether oxygens (including phenoxy) is 1. The van der Waals surface area contributed by atoms with E-state index in [-0.39, 0.29) is 25.4 Å². The van der Waals surface area contributed by atoms with Gasteiger partial charge in [-0.2, -0.15) is 0 Å². The number of esters is 1. The highest BCUT2D eigenvalue weighted by atomic mass is 16.5. The Morgan fingerprint density at radius 2 is 2.31 bits per heavy atom. The lowest BCUT2D eigenvalue weighted by Gasteiger charge is -2.03. The molecule has 0 saturated carbocycles. The SMILES string of the molecule is CCOC(=O)Cc1nnnn1CC(=O)NN. The molecule has 0 atom stereocenters. The van der Waals surface area contributed by atoms with Crippen molar-refractivity contribution in [3.8, 4) is 0 Å². The molecule has 1 aromatic heterocycles. The molecule has 0 aliphatic rings. The van der Waals surface area contributed by atoms with Crippen LogP contribution in [-0.2, 0) is 27.3 Å². The highest BCUT2D eigenvalue weighted by molar-refractivity contribution is 5.75. The number of hydrogen-bond donors (Lipinski definition) is 2. The summed E-state index contributed by atoms with van der Waals surface area (Å²) in [5, 5.41) is 10.5. The molecule has 0 aliphatic carbocycles. The Morgan fingerprint density at radius 1 is 1.56 bits per heavy atom. The van der Waals surface area contributed by atoms with Crippen LogP contribution in [0.4, 0.5) is 0 Å². The third kappa shape index (κ3) is 3.28. The molecule has 9 heteroatoms. The minimum absolute atomic E-state index is 0.0846. The highest BCUT2D eigenvalue weighted by Gasteiger charge is 2.13. The van der Waals surface area contributed by atoms with Crippen LogP contribution in [0.3, 0.4) is 0 Å². The van der Waals surface area contributed by atoms with Crippen LogP contribution in [0.1, 0.15) is 12.7 Å². The van der Waals surface area contributed by atoms with Crippen molar-refractivity contribution in [2.75, 3.05) is 6.61 Å². The maximum absolute atomic E-state index is 11.2. The van der Waals surface area contributed by atoms with E-state index in [1.165, 1.54) is 4.68 Å². The second-order valence-corrected chi connectivity index (χ2v) is 2.80. The molecule has 0 aliphatic heterocycles. The summed E-state index contributed by atoms with van der Waals surface area (Å²) in [6.45, 7) is 1.84. The molecule has 0 saturated heterocycles. The number of nitrogens with two attached hydrogens (primary N) is 1. The summed E-state index contributed by atoms with van der Waals surface area (Å²) in [4.78, 5) is 22.1. The summed E-state index contributed by atoms with van der Waals surface area (Å²) < 4.78 is 5.91. The van der Waals surface area contributed by atoms with Gasteiger partial charge in [-0.3, -0.25) is 15.0 Å². The minimum atomic E-state index is -0.461. The van der Waals surface area contributed by atoms with Gasteiger partial charge in [0, 0.05) is 0 Å². The van der Waals surface area contributed by atoms with E-state index in [0.29, 0.717) is 0 Å². The van der Waals surface area contributed by atoms with E-state index in [1.54, 1.807) is 6.92 Å². The predicted molar refractivity (Wildman–Crippen MR) is 50.5 cm³/mol. The lowest BCUT2D eigenvalue weighted by atomic mass is 10.4. The van der Waals surface area contributed by atoms with Crippen LogP contribution >= 0.6 is 0 Å². The van der Waals surface area contributed by atoms with E-state index in [1.807, 2.05) is 5.43 Å². The fraction of sp³-hybridized carbons (Fsp3) is 0.571. The van der Waals surface area contributed by atoms with Gasteiger partial charge in [0.05, 0.1) is 6.61 Å². The Kier molecular flexibility index (Phi) is 4.33. The van der Waals surface area contributed by atoms with Crippen LogP contribution < -0.4 is 11.3 Å². The number of nitrogens with one attached hydrogen (secondary N) is 1. The number of hydrazine groups is 1. The molecule has 0 fully saturated rings. The number of aromatic nitrogens is 4. The number of nitrogens with zero attached hydrogens (tertiary/aromatic N) is 4. The third-order valence-corrected chi connectivity index (χ3v) is 1.67. The van der Waals surface area contributed by atoms with Gasteiger partial charge >= 0.3 is 5.97 Å². The van der Waals surface area contributed by atoms with Gasteiger partial charge < -0.3 is 4.74 Å². The first-order chi connectivity index (χ1) is 7.67. The van der Waals surface area contributed by atoms with Gasteiger partial charge in [0.2, 0.25) is 0 Å². The number of amides is 1. The zero-order valence-electron chi connectivity index (χ0n) is 8.71. The summed E-state index contributed by atoms with van der Waals surface area (Å²) in [6, 6.07) is 0. The van der Waals surface area contributed by atoms with E-state index in [4.69, 9.17) is 10.6 Å². The molecule has 16 heavy (non-hydrogen) atoms. The predicted octanol–water partition coefficient (Wildman–Crippen LogP) is -2.23. The largest absolute Gasteiger partial charge is 0.466 e. The van der Waals surface area contributed by atoms with Crippen LogP contribution in [0.2, 0.25) is 0 Å². The van der Waals surface area contributed by atoms with Crippen molar-refractivity contribution < 1.29 is 14.3 Å². The Hall–Kier alpha value is -2.03. The van der Waals surface area contributed by atoms with E-state index < -0.39 is 11.9 Å². The Bertz CT molecular complexity index is 376. The summed E-state index contributed by atoms with van der Waals surface area (Å²) in [5.41, 5.74) is 1.94. The Labute approximate surface area is 90.9 Å². The zero-order chi connectivity index (χ0) is 12.0. The fourth-order valence-corrected chi connectivity index (χ4v) is 0.995. The molecule has 0 aromatic carbocycles. The second-order valence-electron chi connectivity index (χ2n) is 2.80. The molecular weight excluding hydrogens is 216 g/mol. The van der Waals surface area contributed by atoms with Crippen molar-refractivity contribution in [1.82, 2.24) is 25.6 Å². The smallest absolute Gasteiger partial charge is 0.313 e. The number of carbonyl (C=O) groups is 2. The molecule has 1 heterocycles. The first kappa shape index (κ1) is 12.0. The molecule has 1 aromatic rings. The number of carbonyl (C=O) groups excluding carboxylic acids is 2. The van der Waals surface area contributed by atoms with E-state index in [0.717, 1.165) is 0 Å². The molecule has 0 radical (unpaired) electrons. The van der Waals surface area contributed by atoms with Crippen LogP contribution in [0.25, 0.3) is 0 Å². The molecule has 88 valence electrons. The van der Waals surface area contributed by atoms with Crippen molar-refractivity contribution in [2.45, 2.75) is 19.9 Å². The van der Waals surface area contributed by atoms with Crippen molar-refractivity contribution >= 4 is 11.9 Å². The summed E-state index contributed by atoms with van der Waals surface area (Å²) in [7, 11) is 0. The summed E-state index contributed by atoms with van der Waals surface area (Å²) in [6.07, 6.45) is -0.0846. The number of tetrazole rings is 1. The lowest BCUT2D eigenvalue weighted by Crippen LogP contribution is -2.34. The molecule has 0 spiro atoms. The van der Waals surface area contributed by atoms with Crippen molar-refractivity contribution in [3.63, 3.8) is 0 Å². The lowest BCUT2D eigenvalue weighted by molar-refractivity contribution is -0.142. The van der Waals surface area contributed by atoms with Crippen LogP contribution in [0.5, 0.6) is 0 Å². The van der Waals surface area contributed by atoms with Gasteiger partial charge in [-0.15, -0.1) is 5.10 Å². The van der Waals surface area contributed by atoms with Gasteiger partial charge in [-0.25, -0.2) is 10.5 Å². The van der Waals surface area contributed by atoms with Gasteiger partial charge in [0.25, 0.3) is 5.91 Å². The maximum atomic E-state index is 11.2. The van der Waals surface area contributed by atoms with E-state index >= 15 is 0 Å². The monoisotopic (exact) mass is 228 g/mol. The number of hydrogen-bond acceptors (Lipinski definition) is 7. The van der Waals surface area contributed by atoms with Gasteiger partial charge in [0.1, 0.15) is 13.0 Å². The van der Waals surface area contributed by atoms with Gasteiger partial charge in [-0.1, -0.05) is 0 Å². The first-order valence-corrected chi connectivity index (χ1v) is 4.57. The quantitative estimate of drug-likeness (QED) is 0.253. The molecule has 9 nitrogen and oxygen atoms in total. The summed E-state index contributed by atoms with van der Waals surface area (Å²) >= 11 is 0. The van der Waals surface area contributed by atoms with Crippen molar-refractivity contribution in [2.24, 2.45) is 5.84 Å².